The van der Waals surface area contributed by atoms with Crippen molar-refractivity contribution in [3.8, 4) is 5.75 Å². The summed E-state index contributed by atoms with van der Waals surface area (Å²) in [6, 6.07) is 9.85. The Labute approximate surface area is 139 Å². The van der Waals surface area contributed by atoms with Crippen LogP contribution in [-0.4, -0.2) is 32.2 Å². The summed E-state index contributed by atoms with van der Waals surface area (Å²) >= 11 is 0. The number of aliphatic imine (C=N–C) groups is 1. The average molecular weight is 391 g/mol. The minimum Gasteiger partial charge on any atom is -0.489 e. The predicted octanol–water partition coefficient (Wildman–Crippen LogP) is 3.04. The molecule has 1 unspecified atom stereocenters. The Morgan fingerprint density at radius 1 is 1.25 bits per heavy atom. The van der Waals surface area contributed by atoms with Gasteiger partial charge in [0.25, 0.3) is 0 Å². The number of nitrogens with zero attached hydrogens (tertiary/aromatic N) is 1. The number of hydrogen-bond donors (Lipinski definition) is 2. The van der Waals surface area contributed by atoms with Crippen LogP contribution in [-0.2, 0) is 0 Å². The van der Waals surface area contributed by atoms with Gasteiger partial charge in [-0.25, -0.2) is 0 Å². The summed E-state index contributed by atoms with van der Waals surface area (Å²) in [7, 11) is 1.78. The fraction of sp³-hybridized carbons (Fsp3) is 0.533. The van der Waals surface area contributed by atoms with Crippen LogP contribution in [0.4, 0.5) is 0 Å². The molecule has 0 aromatic heterocycles. The van der Waals surface area contributed by atoms with E-state index < -0.39 is 0 Å². The normalized spacial score (nSPS) is 12.2. The van der Waals surface area contributed by atoms with Gasteiger partial charge in [0.2, 0.25) is 0 Å². The third-order valence-electron chi connectivity index (χ3n) is 2.68. The number of rotatable bonds is 7. The summed E-state index contributed by atoms with van der Waals surface area (Å²) in [4.78, 5) is 4.18. The van der Waals surface area contributed by atoms with Gasteiger partial charge in [0, 0.05) is 13.6 Å². The lowest BCUT2D eigenvalue weighted by molar-refractivity contribution is 0.224. The van der Waals surface area contributed by atoms with Crippen LogP contribution in [0.3, 0.4) is 0 Å². The third-order valence-corrected chi connectivity index (χ3v) is 2.68. The Kier molecular flexibility index (Phi) is 11.2. The molecule has 1 aromatic rings. The van der Waals surface area contributed by atoms with Crippen LogP contribution in [0.25, 0.3) is 0 Å². The zero-order valence-corrected chi connectivity index (χ0v) is 14.9. The molecule has 0 saturated carbocycles. The van der Waals surface area contributed by atoms with Crippen LogP contribution >= 0.6 is 24.0 Å². The van der Waals surface area contributed by atoms with Crippen LogP contribution < -0.4 is 15.4 Å². The number of guanidine groups is 1. The van der Waals surface area contributed by atoms with E-state index in [0.717, 1.165) is 31.2 Å². The van der Waals surface area contributed by atoms with Gasteiger partial charge in [-0.2, -0.15) is 0 Å². The molecule has 0 amide bonds. The molecule has 5 heteroatoms. The molecular weight excluding hydrogens is 365 g/mol. The minimum atomic E-state index is 0. The number of unbranched alkanes of at least 4 members (excludes halogenated alkanes) is 1. The van der Waals surface area contributed by atoms with Crippen LogP contribution in [0, 0.1) is 0 Å². The first kappa shape index (κ1) is 19.0. The molecule has 0 heterocycles. The van der Waals surface area contributed by atoms with Crippen LogP contribution in [0.5, 0.6) is 5.75 Å². The fourth-order valence-electron chi connectivity index (χ4n) is 1.62. The second-order valence-electron chi connectivity index (χ2n) is 4.47. The Balaban J connectivity index is 0.00000361. The lowest BCUT2D eigenvalue weighted by Gasteiger charge is -2.17. The lowest BCUT2D eigenvalue weighted by atomic mass is 10.3. The highest BCUT2D eigenvalue weighted by molar-refractivity contribution is 14.0. The molecular formula is C15H26IN3O. The van der Waals surface area contributed by atoms with Crippen LogP contribution in [0.2, 0.25) is 0 Å². The molecule has 0 bridgehead atoms. The van der Waals surface area contributed by atoms with E-state index in [0.29, 0.717) is 0 Å². The molecule has 20 heavy (non-hydrogen) atoms. The smallest absolute Gasteiger partial charge is 0.191 e. The van der Waals surface area contributed by atoms with Gasteiger partial charge in [-0.15, -0.1) is 24.0 Å². The molecule has 0 saturated heterocycles. The van der Waals surface area contributed by atoms with Crippen molar-refractivity contribution >= 4 is 29.9 Å². The van der Waals surface area contributed by atoms with Gasteiger partial charge in [-0.3, -0.25) is 4.99 Å². The Morgan fingerprint density at radius 3 is 2.55 bits per heavy atom. The zero-order chi connectivity index (χ0) is 13.9. The Morgan fingerprint density at radius 2 is 1.95 bits per heavy atom. The van der Waals surface area contributed by atoms with E-state index >= 15 is 0 Å². The van der Waals surface area contributed by atoms with Crippen molar-refractivity contribution < 1.29 is 4.74 Å². The van der Waals surface area contributed by atoms with Gasteiger partial charge in [-0.05, 0) is 25.5 Å². The second-order valence-corrected chi connectivity index (χ2v) is 4.47. The maximum absolute atomic E-state index is 5.79. The number of halogens is 1. The molecule has 4 nitrogen and oxygen atoms in total. The third kappa shape index (κ3) is 8.24. The Hall–Kier alpha value is -0.980. The largest absolute Gasteiger partial charge is 0.489 e. The van der Waals surface area contributed by atoms with E-state index in [2.05, 4.69) is 22.5 Å². The highest BCUT2D eigenvalue weighted by atomic mass is 127. The van der Waals surface area contributed by atoms with E-state index in [4.69, 9.17) is 4.74 Å². The van der Waals surface area contributed by atoms with E-state index in [-0.39, 0.29) is 30.1 Å². The number of nitrogens with one attached hydrogen (secondary N) is 2. The van der Waals surface area contributed by atoms with Crippen molar-refractivity contribution in [2.45, 2.75) is 32.8 Å². The highest BCUT2D eigenvalue weighted by Crippen LogP contribution is 2.10. The molecule has 2 N–H and O–H groups in total. The van der Waals surface area contributed by atoms with E-state index in [9.17, 15) is 0 Å². The van der Waals surface area contributed by atoms with Crippen LogP contribution in [0.15, 0.2) is 35.3 Å². The Bertz CT molecular complexity index is 371. The standard InChI is InChI=1S/C15H25N3O.HI/c1-4-5-11-17-15(16-3)18-12-13(2)19-14-9-7-6-8-10-14;/h6-10,13H,4-5,11-12H2,1-3H3,(H2,16,17,18);1H. The minimum absolute atomic E-state index is 0. The monoisotopic (exact) mass is 391 g/mol. The van der Waals surface area contributed by atoms with Crippen molar-refractivity contribution in [2.75, 3.05) is 20.1 Å². The molecule has 0 fully saturated rings. The van der Waals surface area contributed by atoms with Gasteiger partial charge in [0.1, 0.15) is 11.9 Å². The van der Waals surface area contributed by atoms with Gasteiger partial charge in [0.15, 0.2) is 5.96 Å². The summed E-state index contributed by atoms with van der Waals surface area (Å²) in [6.07, 6.45) is 2.42. The van der Waals surface area contributed by atoms with Crippen molar-refractivity contribution in [3.05, 3.63) is 30.3 Å². The summed E-state index contributed by atoms with van der Waals surface area (Å²) in [5, 5.41) is 6.54. The van der Waals surface area contributed by atoms with Crippen molar-refractivity contribution in [1.82, 2.24) is 10.6 Å². The number of hydrogen-bond acceptors (Lipinski definition) is 2. The van der Waals surface area contributed by atoms with Crippen molar-refractivity contribution in [1.29, 1.82) is 0 Å². The van der Waals surface area contributed by atoms with Crippen molar-refractivity contribution in [2.24, 2.45) is 4.99 Å². The lowest BCUT2D eigenvalue weighted by Crippen LogP contribution is -2.42. The van der Waals surface area contributed by atoms with E-state index in [1.807, 2.05) is 37.3 Å². The molecule has 0 spiro atoms. The molecule has 0 radical (unpaired) electrons. The first-order chi connectivity index (χ1) is 9.26. The second kappa shape index (κ2) is 11.8. The predicted molar refractivity (Wildman–Crippen MR) is 96.2 cm³/mol. The molecule has 0 aliphatic rings. The molecule has 1 aromatic carbocycles. The van der Waals surface area contributed by atoms with E-state index in [1.165, 1.54) is 6.42 Å². The van der Waals surface area contributed by atoms with Crippen molar-refractivity contribution in [3.63, 3.8) is 0 Å². The van der Waals surface area contributed by atoms with Gasteiger partial charge in [0.05, 0.1) is 6.54 Å². The first-order valence-corrected chi connectivity index (χ1v) is 6.92. The topological polar surface area (TPSA) is 45.7 Å². The first-order valence-electron chi connectivity index (χ1n) is 6.92. The average Bonchev–Trinajstić information content (AvgIpc) is 2.44. The molecule has 0 aliphatic heterocycles. The van der Waals surface area contributed by atoms with Crippen LogP contribution in [0.1, 0.15) is 26.7 Å². The molecule has 1 atom stereocenters. The SMILES string of the molecule is CCCCNC(=NC)NCC(C)Oc1ccccc1.I. The number of para-hydroxylation sites is 1. The summed E-state index contributed by atoms with van der Waals surface area (Å²) in [5.41, 5.74) is 0. The van der Waals surface area contributed by atoms with Gasteiger partial charge in [-0.1, -0.05) is 31.5 Å². The quantitative estimate of drug-likeness (QED) is 0.325. The van der Waals surface area contributed by atoms with E-state index in [1.54, 1.807) is 7.05 Å². The summed E-state index contributed by atoms with van der Waals surface area (Å²) in [6.45, 7) is 5.89. The number of ether oxygens (including phenoxy) is 1. The maximum atomic E-state index is 5.79. The summed E-state index contributed by atoms with van der Waals surface area (Å²) < 4.78 is 5.79. The zero-order valence-electron chi connectivity index (χ0n) is 12.6. The molecule has 0 aliphatic carbocycles. The summed E-state index contributed by atoms with van der Waals surface area (Å²) in [5.74, 6) is 1.72. The van der Waals surface area contributed by atoms with Gasteiger partial charge >= 0.3 is 0 Å². The fourth-order valence-corrected chi connectivity index (χ4v) is 1.62. The maximum Gasteiger partial charge on any atom is 0.191 e. The number of benzene rings is 1. The molecule has 1 rings (SSSR count). The molecule has 114 valence electrons. The highest BCUT2D eigenvalue weighted by Gasteiger charge is 2.04. The van der Waals surface area contributed by atoms with Gasteiger partial charge < -0.3 is 15.4 Å².